The molecule has 4 rings (SSSR count). The predicted molar refractivity (Wildman–Crippen MR) is 110 cm³/mol. The van der Waals surface area contributed by atoms with Crippen molar-refractivity contribution in [1.29, 1.82) is 0 Å². The van der Waals surface area contributed by atoms with Gasteiger partial charge in [0.1, 0.15) is 11.6 Å². The highest BCUT2D eigenvalue weighted by Crippen LogP contribution is 2.30. The van der Waals surface area contributed by atoms with Crippen LogP contribution in [0.1, 0.15) is 10.6 Å². The second-order valence-corrected chi connectivity index (χ2v) is 6.31. The van der Waals surface area contributed by atoms with Crippen molar-refractivity contribution in [3.63, 3.8) is 0 Å². The van der Waals surface area contributed by atoms with Crippen LogP contribution in [0, 0.1) is 0 Å². The van der Waals surface area contributed by atoms with Gasteiger partial charge in [-0.05, 0) is 54.7 Å². The van der Waals surface area contributed by atoms with Gasteiger partial charge in [-0.1, -0.05) is 12.1 Å². The number of nitrogens with zero attached hydrogens (tertiary/aromatic N) is 1. The maximum absolute atomic E-state index is 12.1. The predicted octanol–water partition coefficient (Wildman–Crippen LogP) is 3.96. The van der Waals surface area contributed by atoms with Crippen LogP contribution in [0.5, 0.6) is 5.75 Å². The SMILES string of the molecule is COc1ccc(-c2nc3ccccc3[nH]2)cc1NC(=S)NC(=O)c1ccco1. The lowest BCUT2D eigenvalue weighted by molar-refractivity contribution is 0.0950. The van der Waals surface area contributed by atoms with Gasteiger partial charge in [0.15, 0.2) is 10.9 Å². The first kappa shape index (κ1) is 17.7. The number of furan rings is 1. The van der Waals surface area contributed by atoms with Gasteiger partial charge in [-0.25, -0.2) is 4.98 Å². The number of hydrogen-bond donors (Lipinski definition) is 3. The molecule has 1 amide bonds. The van der Waals surface area contributed by atoms with Crippen molar-refractivity contribution in [2.75, 3.05) is 12.4 Å². The molecule has 0 fully saturated rings. The van der Waals surface area contributed by atoms with Crippen LogP contribution in [0.15, 0.2) is 65.3 Å². The Labute approximate surface area is 165 Å². The molecular formula is C20H16N4O3S. The number of carbonyl (C=O) groups excluding carboxylic acids is 1. The molecule has 0 atom stereocenters. The van der Waals surface area contributed by atoms with Crippen molar-refractivity contribution in [3.05, 3.63) is 66.6 Å². The summed E-state index contributed by atoms with van der Waals surface area (Å²) in [5.74, 6) is 1.04. The molecule has 2 aromatic heterocycles. The maximum atomic E-state index is 12.1. The highest BCUT2D eigenvalue weighted by molar-refractivity contribution is 7.80. The van der Waals surface area contributed by atoms with Crippen molar-refractivity contribution in [2.24, 2.45) is 0 Å². The number of anilines is 1. The van der Waals surface area contributed by atoms with Gasteiger partial charge < -0.3 is 19.5 Å². The standard InChI is InChI=1S/C20H16N4O3S/c1-26-16-9-8-12(18-21-13-5-2-3-6-14(13)22-18)11-15(16)23-20(28)24-19(25)17-7-4-10-27-17/h2-11H,1H3,(H,21,22)(H2,23,24,25,28). The Morgan fingerprint density at radius 2 is 2.04 bits per heavy atom. The third kappa shape index (κ3) is 3.58. The number of hydrogen-bond acceptors (Lipinski definition) is 5. The van der Waals surface area contributed by atoms with E-state index in [4.69, 9.17) is 21.4 Å². The average Bonchev–Trinajstić information content (AvgIpc) is 3.37. The van der Waals surface area contributed by atoms with E-state index in [1.807, 2.05) is 42.5 Å². The second kappa shape index (κ2) is 7.53. The minimum atomic E-state index is -0.435. The van der Waals surface area contributed by atoms with Crippen molar-refractivity contribution in [2.45, 2.75) is 0 Å². The van der Waals surface area contributed by atoms with E-state index >= 15 is 0 Å². The monoisotopic (exact) mass is 392 g/mol. The lowest BCUT2D eigenvalue weighted by Gasteiger charge is -2.13. The molecule has 0 bridgehead atoms. The van der Waals surface area contributed by atoms with Gasteiger partial charge in [-0.15, -0.1) is 0 Å². The first-order valence-electron chi connectivity index (χ1n) is 8.43. The van der Waals surface area contributed by atoms with Gasteiger partial charge in [0, 0.05) is 5.56 Å². The number of carbonyl (C=O) groups is 1. The minimum Gasteiger partial charge on any atom is -0.495 e. The Morgan fingerprint density at radius 3 is 2.79 bits per heavy atom. The van der Waals surface area contributed by atoms with Crippen LogP contribution < -0.4 is 15.4 Å². The molecular weight excluding hydrogens is 376 g/mol. The van der Waals surface area contributed by atoms with E-state index in [1.54, 1.807) is 19.2 Å². The minimum absolute atomic E-state index is 0.126. The average molecular weight is 392 g/mol. The largest absolute Gasteiger partial charge is 0.495 e. The quantitative estimate of drug-likeness (QED) is 0.455. The molecule has 8 heteroatoms. The fraction of sp³-hybridized carbons (Fsp3) is 0.0500. The Bertz CT molecular complexity index is 1120. The molecule has 2 heterocycles. The zero-order chi connectivity index (χ0) is 19.5. The van der Waals surface area contributed by atoms with Gasteiger partial charge in [0.25, 0.3) is 5.91 Å². The van der Waals surface area contributed by atoms with Crippen LogP contribution in [0.25, 0.3) is 22.4 Å². The molecule has 0 radical (unpaired) electrons. The van der Waals surface area contributed by atoms with Gasteiger partial charge in [-0.3, -0.25) is 10.1 Å². The molecule has 140 valence electrons. The van der Waals surface area contributed by atoms with Crippen LogP contribution >= 0.6 is 12.2 Å². The van der Waals surface area contributed by atoms with E-state index in [9.17, 15) is 4.79 Å². The molecule has 0 aliphatic carbocycles. The van der Waals surface area contributed by atoms with Gasteiger partial charge >= 0.3 is 0 Å². The lowest BCUT2D eigenvalue weighted by atomic mass is 10.1. The first-order valence-corrected chi connectivity index (χ1v) is 8.84. The van der Waals surface area contributed by atoms with Gasteiger partial charge in [-0.2, -0.15) is 0 Å². The summed E-state index contributed by atoms with van der Waals surface area (Å²) in [6, 6.07) is 16.5. The van der Waals surface area contributed by atoms with Crippen molar-refractivity contribution in [3.8, 4) is 17.1 Å². The number of ether oxygens (including phenoxy) is 1. The van der Waals surface area contributed by atoms with Crippen molar-refractivity contribution in [1.82, 2.24) is 15.3 Å². The van der Waals surface area contributed by atoms with E-state index in [0.717, 1.165) is 22.4 Å². The zero-order valence-electron chi connectivity index (χ0n) is 14.9. The number of para-hydroxylation sites is 2. The van der Waals surface area contributed by atoms with Gasteiger partial charge in [0.05, 0.1) is 30.1 Å². The molecule has 4 aromatic rings. The summed E-state index contributed by atoms with van der Waals surface area (Å²) in [6.45, 7) is 0. The normalized spacial score (nSPS) is 10.6. The number of nitrogens with one attached hydrogen (secondary N) is 3. The van der Waals surface area contributed by atoms with Crippen LogP contribution in [-0.2, 0) is 0 Å². The molecule has 0 saturated heterocycles. The second-order valence-electron chi connectivity index (χ2n) is 5.90. The molecule has 3 N–H and O–H groups in total. The molecule has 0 saturated carbocycles. The number of H-pyrrole nitrogens is 1. The summed E-state index contributed by atoms with van der Waals surface area (Å²) < 4.78 is 10.4. The van der Waals surface area contributed by atoms with Crippen molar-refractivity contribution < 1.29 is 13.9 Å². The highest BCUT2D eigenvalue weighted by Gasteiger charge is 2.14. The topological polar surface area (TPSA) is 92.2 Å². The molecule has 2 aromatic carbocycles. The molecule has 0 spiro atoms. The molecule has 0 aliphatic rings. The maximum Gasteiger partial charge on any atom is 0.293 e. The highest BCUT2D eigenvalue weighted by atomic mass is 32.1. The van der Waals surface area contributed by atoms with Crippen molar-refractivity contribution >= 4 is 40.0 Å². The fourth-order valence-electron chi connectivity index (χ4n) is 2.77. The van der Waals surface area contributed by atoms with E-state index in [2.05, 4.69) is 20.6 Å². The number of methoxy groups -OCH3 is 1. The van der Waals surface area contributed by atoms with Crippen LogP contribution in [0.2, 0.25) is 0 Å². The number of aromatic amines is 1. The molecule has 28 heavy (non-hydrogen) atoms. The summed E-state index contributed by atoms with van der Waals surface area (Å²) in [4.78, 5) is 20.0. The Balaban J connectivity index is 1.58. The summed E-state index contributed by atoms with van der Waals surface area (Å²) >= 11 is 5.24. The third-order valence-corrected chi connectivity index (χ3v) is 4.29. The number of imidazole rings is 1. The lowest BCUT2D eigenvalue weighted by Crippen LogP contribution is -2.34. The Morgan fingerprint density at radius 1 is 1.18 bits per heavy atom. The fourth-order valence-corrected chi connectivity index (χ4v) is 2.97. The number of amides is 1. The van der Waals surface area contributed by atoms with E-state index in [-0.39, 0.29) is 10.9 Å². The van der Waals surface area contributed by atoms with Crippen LogP contribution in [0.4, 0.5) is 5.69 Å². The number of benzene rings is 2. The van der Waals surface area contributed by atoms with Crippen LogP contribution in [-0.4, -0.2) is 28.1 Å². The zero-order valence-corrected chi connectivity index (χ0v) is 15.7. The summed E-state index contributed by atoms with van der Waals surface area (Å²) in [5, 5.41) is 5.69. The van der Waals surface area contributed by atoms with Gasteiger partial charge in [0.2, 0.25) is 0 Å². The molecule has 0 unspecified atom stereocenters. The third-order valence-electron chi connectivity index (χ3n) is 4.08. The number of aromatic nitrogens is 2. The van der Waals surface area contributed by atoms with Crippen LogP contribution in [0.3, 0.4) is 0 Å². The molecule has 0 aliphatic heterocycles. The molecule has 7 nitrogen and oxygen atoms in total. The number of rotatable bonds is 4. The summed E-state index contributed by atoms with van der Waals surface area (Å²) in [6.07, 6.45) is 1.42. The number of fused-ring (bicyclic) bond motifs is 1. The Hall–Kier alpha value is -3.65. The first-order chi connectivity index (χ1) is 13.6. The summed E-state index contributed by atoms with van der Waals surface area (Å²) in [5.41, 5.74) is 3.28. The van der Waals surface area contributed by atoms with E-state index in [1.165, 1.54) is 6.26 Å². The Kier molecular flexibility index (Phi) is 4.77. The summed E-state index contributed by atoms with van der Waals surface area (Å²) in [7, 11) is 1.56. The smallest absolute Gasteiger partial charge is 0.293 e. The number of thiocarbonyl (C=S) groups is 1. The van der Waals surface area contributed by atoms with E-state index in [0.29, 0.717) is 11.4 Å². The van der Waals surface area contributed by atoms with E-state index < -0.39 is 5.91 Å².